The largest absolute Gasteiger partial charge is 0.494 e. The Labute approximate surface area is 227 Å². The van der Waals surface area contributed by atoms with E-state index in [1.54, 1.807) is 36.2 Å². The molecule has 39 heavy (non-hydrogen) atoms. The standard InChI is InChI=1S/C27H27N7O4S/c1-3-20(35)33-12-10-16(14-33)31-25(36)23-22-21-18(9-11-30-26(21)39-23)34(27(37)32-22)24(29)15(2)13-19(28)38-17-7-5-4-6-8-17/h3-9,11,13,16,31,36H,1,10,12,14,28-29H2,2H3/b19-13+,24-15+,25-23?. The van der Waals surface area contributed by atoms with Crippen molar-refractivity contribution in [3.05, 3.63) is 87.8 Å². The number of benzene rings is 1. The maximum absolute atomic E-state index is 13.3. The number of aliphatic hydroxyl groups is 1. The summed E-state index contributed by atoms with van der Waals surface area (Å²) in [4.78, 5) is 36.1. The summed E-state index contributed by atoms with van der Waals surface area (Å²) in [5.41, 5.74) is 13.1. The minimum atomic E-state index is -0.626. The molecule has 5 rings (SSSR count). The Bertz CT molecular complexity index is 1760. The van der Waals surface area contributed by atoms with Crippen molar-refractivity contribution >= 4 is 50.2 Å². The van der Waals surface area contributed by atoms with Crippen LogP contribution in [0.25, 0.3) is 33.0 Å². The Morgan fingerprint density at radius 3 is 2.79 bits per heavy atom. The summed E-state index contributed by atoms with van der Waals surface area (Å²) in [6.07, 6.45) is 5.03. The molecule has 1 fully saturated rings. The van der Waals surface area contributed by atoms with Gasteiger partial charge in [0, 0.05) is 31.4 Å². The average Bonchev–Trinajstić information content (AvgIpc) is 3.54. The van der Waals surface area contributed by atoms with Crippen molar-refractivity contribution in [2.75, 3.05) is 13.1 Å². The predicted molar refractivity (Wildman–Crippen MR) is 151 cm³/mol. The molecule has 11 nitrogen and oxygen atoms in total. The second kappa shape index (κ2) is 10.5. The van der Waals surface area contributed by atoms with Crippen LogP contribution in [0.3, 0.4) is 0 Å². The molecule has 1 aromatic carbocycles. The number of hydrogen-bond acceptors (Lipinski definition) is 10. The molecule has 4 aromatic rings. The first-order valence-electron chi connectivity index (χ1n) is 12.1. The van der Waals surface area contributed by atoms with Crippen molar-refractivity contribution < 1.29 is 14.6 Å². The van der Waals surface area contributed by atoms with E-state index in [0.29, 0.717) is 56.6 Å². The van der Waals surface area contributed by atoms with E-state index < -0.39 is 5.69 Å². The second-order valence-electron chi connectivity index (χ2n) is 9.02. The van der Waals surface area contributed by atoms with Gasteiger partial charge in [0.2, 0.25) is 11.8 Å². The quantitative estimate of drug-likeness (QED) is 0.154. The number of amides is 1. The molecule has 1 unspecified atom stereocenters. The third-order valence-electron chi connectivity index (χ3n) is 6.40. The SMILES string of the molecule is C=CC(=O)N1CCC(NC(O)=c2sc3nccc4c3c2nc(=O)n4/C(N)=C(C)/C=C(\N)Oc2ccccc2)C1. The van der Waals surface area contributed by atoms with Crippen molar-refractivity contribution in [3.8, 4) is 5.75 Å². The Morgan fingerprint density at radius 1 is 1.28 bits per heavy atom. The molecule has 0 spiro atoms. The van der Waals surface area contributed by atoms with Crippen LogP contribution < -0.4 is 31.7 Å². The van der Waals surface area contributed by atoms with Crippen LogP contribution in [0.1, 0.15) is 13.3 Å². The predicted octanol–water partition coefficient (Wildman–Crippen LogP) is 1.75. The number of carbonyl (C=O) groups excluding carboxylic acids is 1. The molecule has 0 radical (unpaired) electrons. The van der Waals surface area contributed by atoms with Crippen molar-refractivity contribution in [2.24, 2.45) is 11.5 Å². The summed E-state index contributed by atoms with van der Waals surface area (Å²) < 4.78 is 7.29. The number of allylic oxidation sites excluding steroid dienone is 2. The number of pyridine rings is 1. The van der Waals surface area contributed by atoms with E-state index in [4.69, 9.17) is 16.2 Å². The number of aromatic nitrogens is 3. The third-order valence-corrected chi connectivity index (χ3v) is 7.49. The van der Waals surface area contributed by atoms with Gasteiger partial charge in [-0.2, -0.15) is 4.98 Å². The van der Waals surface area contributed by atoms with E-state index in [2.05, 4.69) is 21.9 Å². The molecular formula is C27H27N7O4S. The topological polar surface area (TPSA) is 162 Å². The summed E-state index contributed by atoms with van der Waals surface area (Å²) in [6.45, 7) is 6.21. The normalized spacial score (nSPS) is 17.3. The van der Waals surface area contributed by atoms with Crippen LogP contribution in [0.15, 0.2) is 77.6 Å². The highest BCUT2D eigenvalue weighted by atomic mass is 32.1. The number of likely N-dealkylation sites (tertiary alicyclic amines) is 1. The van der Waals surface area contributed by atoms with Crippen LogP contribution in [0.5, 0.6) is 5.75 Å². The van der Waals surface area contributed by atoms with E-state index in [1.165, 1.54) is 28.1 Å². The van der Waals surface area contributed by atoms with Crippen LogP contribution in [0, 0.1) is 0 Å². The highest BCUT2D eigenvalue weighted by Gasteiger charge is 2.26. The number of rotatable bonds is 7. The number of nitrogens with two attached hydrogens (primary N) is 2. The second-order valence-corrected chi connectivity index (χ2v) is 10.0. The summed E-state index contributed by atoms with van der Waals surface area (Å²) in [7, 11) is 0. The molecule has 1 aliphatic rings. The molecule has 6 N–H and O–H groups in total. The molecule has 4 heterocycles. The van der Waals surface area contributed by atoms with Gasteiger partial charge in [-0.25, -0.2) is 14.3 Å². The van der Waals surface area contributed by atoms with Gasteiger partial charge in [-0.05, 0) is 43.2 Å². The fraction of sp³-hybridized carbons (Fsp3) is 0.185. The first-order valence-corrected chi connectivity index (χ1v) is 13.0. The molecule has 0 bridgehead atoms. The lowest BCUT2D eigenvalue weighted by molar-refractivity contribution is -0.125. The number of nitrogens with zero attached hydrogens (tertiary/aromatic N) is 4. The smallest absolute Gasteiger partial charge is 0.354 e. The van der Waals surface area contributed by atoms with E-state index in [0.717, 1.165) is 0 Å². The lowest BCUT2D eigenvalue weighted by Crippen LogP contribution is -2.35. The Morgan fingerprint density at radius 2 is 2.05 bits per heavy atom. The number of carbonyl (C=O) groups is 1. The van der Waals surface area contributed by atoms with Crippen molar-refractivity contribution in [2.45, 2.75) is 19.4 Å². The van der Waals surface area contributed by atoms with Crippen LogP contribution in [0.2, 0.25) is 0 Å². The molecule has 1 saturated heterocycles. The van der Waals surface area contributed by atoms with Gasteiger partial charge in [0.05, 0.1) is 10.9 Å². The first-order chi connectivity index (χ1) is 18.8. The molecule has 12 heteroatoms. The van der Waals surface area contributed by atoms with E-state index in [9.17, 15) is 14.7 Å². The Balaban J connectivity index is 1.53. The fourth-order valence-electron chi connectivity index (χ4n) is 4.51. The number of hydrogen-bond donors (Lipinski definition) is 4. The van der Waals surface area contributed by atoms with Gasteiger partial charge in [0.25, 0.3) is 0 Å². The fourth-order valence-corrected chi connectivity index (χ4v) is 5.52. The van der Waals surface area contributed by atoms with Gasteiger partial charge in [0.15, 0.2) is 5.88 Å². The average molecular weight is 546 g/mol. The minimum Gasteiger partial charge on any atom is -0.494 e. The summed E-state index contributed by atoms with van der Waals surface area (Å²) in [5, 5.41) is 14.6. The number of para-hydroxylation sites is 1. The monoisotopic (exact) mass is 545 g/mol. The Hall–Kier alpha value is -4.84. The van der Waals surface area contributed by atoms with Gasteiger partial charge >= 0.3 is 5.69 Å². The van der Waals surface area contributed by atoms with Crippen LogP contribution in [-0.4, -0.2) is 49.6 Å². The van der Waals surface area contributed by atoms with Crippen LogP contribution >= 0.6 is 11.3 Å². The van der Waals surface area contributed by atoms with Crippen molar-refractivity contribution in [3.63, 3.8) is 0 Å². The van der Waals surface area contributed by atoms with Gasteiger partial charge in [-0.15, -0.1) is 11.3 Å². The summed E-state index contributed by atoms with van der Waals surface area (Å²) in [6, 6.07) is 10.6. The number of nitrogens with one attached hydrogen (secondary N) is 1. The molecule has 0 saturated carbocycles. The maximum Gasteiger partial charge on any atom is 0.354 e. The maximum atomic E-state index is 13.3. The third kappa shape index (κ3) is 5.01. The molecule has 3 aromatic heterocycles. The van der Waals surface area contributed by atoms with Gasteiger partial charge in [-0.3, -0.25) is 4.79 Å². The molecule has 1 atom stereocenters. The zero-order chi connectivity index (χ0) is 27.7. The molecule has 1 amide bonds. The molecule has 200 valence electrons. The molecule has 1 aliphatic heterocycles. The molecular weight excluding hydrogens is 518 g/mol. The summed E-state index contributed by atoms with van der Waals surface area (Å²) in [5.74, 6) is 0.505. The highest BCUT2D eigenvalue weighted by molar-refractivity contribution is 7.17. The highest BCUT2D eigenvalue weighted by Crippen LogP contribution is 2.26. The van der Waals surface area contributed by atoms with Gasteiger partial charge in [0.1, 0.15) is 26.4 Å². The van der Waals surface area contributed by atoms with E-state index in [-0.39, 0.29) is 29.5 Å². The lowest BCUT2D eigenvalue weighted by atomic mass is 10.2. The van der Waals surface area contributed by atoms with Crippen LogP contribution in [0.4, 0.5) is 0 Å². The van der Waals surface area contributed by atoms with E-state index >= 15 is 0 Å². The van der Waals surface area contributed by atoms with E-state index in [1.807, 2.05) is 18.2 Å². The van der Waals surface area contributed by atoms with Crippen molar-refractivity contribution in [1.82, 2.24) is 24.8 Å². The zero-order valence-electron chi connectivity index (χ0n) is 21.1. The van der Waals surface area contributed by atoms with Gasteiger partial charge in [-0.1, -0.05) is 24.8 Å². The molecule has 0 aliphatic carbocycles. The van der Waals surface area contributed by atoms with Crippen LogP contribution in [-0.2, 0) is 4.79 Å². The zero-order valence-corrected chi connectivity index (χ0v) is 21.9. The first kappa shape index (κ1) is 25.8. The minimum absolute atomic E-state index is 0.104. The van der Waals surface area contributed by atoms with Gasteiger partial charge < -0.3 is 31.5 Å². The number of thiophene rings is 1. The summed E-state index contributed by atoms with van der Waals surface area (Å²) >= 11 is 1.20. The lowest BCUT2D eigenvalue weighted by Gasteiger charge is -2.15. The number of ether oxygens (including phenoxy) is 1. The Kier molecular flexibility index (Phi) is 6.94. The van der Waals surface area contributed by atoms with Crippen molar-refractivity contribution in [1.29, 1.82) is 0 Å². The number of aliphatic hydroxyl groups excluding tert-OH is 1.